The summed E-state index contributed by atoms with van der Waals surface area (Å²) in [5.41, 5.74) is -0.798. The fourth-order valence-electron chi connectivity index (χ4n) is 1.93. The Morgan fingerprint density at radius 3 is 2.60 bits per heavy atom. The van der Waals surface area contributed by atoms with E-state index in [1.165, 1.54) is 36.5 Å². The van der Waals surface area contributed by atoms with Crippen LogP contribution in [0.4, 0.5) is 18.9 Å². The fraction of sp³-hybridized carbons (Fsp3) is 0.118. The quantitative estimate of drug-likeness (QED) is 0.814. The zero-order valence-electron chi connectivity index (χ0n) is 12.9. The van der Waals surface area contributed by atoms with Gasteiger partial charge in [0.05, 0.1) is 5.56 Å². The number of alkyl halides is 3. The molecule has 1 aromatic carbocycles. The minimum Gasteiger partial charge on any atom is -0.349 e. The lowest BCUT2D eigenvalue weighted by molar-refractivity contribution is -0.137. The zero-order chi connectivity index (χ0) is 18.4. The minimum atomic E-state index is -4.51. The Morgan fingerprint density at radius 1 is 1.16 bits per heavy atom. The number of anilines is 1. The molecule has 5 nitrogen and oxygen atoms in total. The van der Waals surface area contributed by atoms with Crippen LogP contribution in [-0.2, 0) is 6.18 Å². The van der Waals surface area contributed by atoms with Gasteiger partial charge in [0.2, 0.25) is 0 Å². The Bertz CT molecular complexity index is 804. The Balaban J connectivity index is 2.16. The highest BCUT2D eigenvalue weighted by atomic mass is 19.4. The molecule has 0 atom stereocenters. The molecular formula is C17H14F3N3O2. The Labute approximate surface area is 141 Å². The van der Waals surface area contributed by atoms with E-state index >= 15 is 0 Å². The van der Waals surface area contributed by atoms with E-state index in [1.54, 1.807) is 0 Å². The number of rotatable bonds is 5. The zero-order valence-corrected chi connectivity index (χ0v) is 12.9. The first-order chi connectivity index (χ1) is 11.8. The molecule has 0 saturated heterocycles. The van der Waals surface area contributed by atoms with Gasteiger partial charge in [0.15, 0.2) is 0 Å². The Kier molecular flexibility index (Phi) is 5.53. The van der Waals surface area contributed by atoms with Crippen molar-refractivity contribution in [2.24, 2.45) is 0 Å². The van der Waals surface area contributed by atoms with Crippen LogP contribution in [0.1, 0.15) is 26.4 Å². The maximum Gasteiger partial charge on any atom is 0.416 e. The number of nitrogens with zero attached hydrogens (tertiary/aromatic N) is 1. The van der Waals surface area contributed by atoms with Gasteiger partial charge in [0.25, 0.3) is 11.8 Å². The van der Waals surface area contributed by atoms with Crippen molar-refractivity contribution in [1.29, 1.82) is 0 Å². The number of hydrogen-bond acceptors (Lipinski definition) is 3. The minimum absolute atomic E-state index is 0.0249. The molecule has 25 heavy (non-hydrogen) atoms. The van der Waals surface area contributed by atoms with Crippen LogP contribution in [0.15, 0.2) is 55.3 Å². The third kappa shape index (κ3) is 4.90. The normalized spacial score (nSPS) is 10.8. The van der Waals surface area contributed by atoms with E-state index in [2.05, 4.69) is 22.2 Å². The highest BCUT2D eigenvalue weighted by molar-refractivity contribution is 6.04. The van der Waals surface area contributed by atoms with Crippen LogP contribution < -0.4 is 10.6 Å². The van der Waals surface area contributed by atoms with E-state index in [9.17, 15) is 22.8 Å². The van der Waals surface area contributed by atoms with Gasteiger partial charge >= 0.3 is 6.18 Å². The summed E-state index contributed by atoms with van der Waals surface area (Å²) < 4.78 is 38.1. The second-order valence-corrected chi connectivity index (χ2v) is 4.96. The van der Waals surface area contributed by atoms with Crippen molar-refractivity contribution >= 4 is 17.5 Å². The van der Waals surface area contributed by atoms with E-state index in [1.807, 2.05) is 0 Å². The van der Waals surface area contributed by atoms with Gasteiger partial charge in [-0.25, -0.2) is 0 Å². The third-order valence-electron chi connectivity index (χ3n) is 3.11. The van der Waals surface area contributed by atoms with Gasteiger partial charge in [0.1, 0.15) is 5.69 Å². The number of amides is 2. The third-order valence-corrected chi connectivity index (χ3v) is 3.11. The predicted molar refractivity (Wildman–Crippen MR) is 86.2 cm³/mol. The molecule has 0 spiro atoms. The standard InChI is InChI=1S/C17H14F3N3O2/c1-2-7-22-15(24)11-6-8-21-14(9-11)16(25)23-13-5-3-4-12(10-13)17(18,19)20/h2-6,8-10H,1,7H2,(H,22,24)(H,23,25). The molecule has 0 aliphatic carbocycles. The van der Waals surface area contributed by atoms with E-state index in [-0.39, 0.29) is 23.5 Å². The molecule has 2 amide bonds. The summed E-state index contributed by atoms with van der Waals surface area (Å²) >= 11 is 0. The number of aromatic nitrogens is 1. The second-order valence-electron chi connectivity index (χ2n) is 4.96. The fourth-order valence-corrected chi connectivity index (χ4v) is 1.93. The summed E-state index contributed by atoms with van der Waals surface area (Å²) in [6, 6.07) is 6.90. The van der Waals surface area contributed by atoms with Crippen LogP contribution >= 0.6 is 0 Å². The van der Waals surface area contributed by atoms with Crippen molar-refractivity contribution in [3.8, 4) is 0 Å². The van der Waals surface area contributed by atoms with Crippen molar-refractivity contribution in [1.82, 2.24) is 10.3 Å². The molecule has 0 radical (unpaired) electrons. The van der Waals surface area contributed by atoms with Crippen molar-refractivity contribution in [3.05, 3.63) is 72.1 Å². The molecule has 0 unspecified atom stereocenters. The number of benzene rings is 1. The first-order valence-electron chi connectivity index (χ1n) is 7.15. The average Bonchev–Trinajstić information content (AvgIpc) is 2.59. The molecule has 0 aliphatic rings. The topological polar surface area (TPSA) is 71.1 Å². The van der Waals surface area contributed by atoms with Crippen LogP contribution in [0.5, 0.6) is 0 Å². The second kappa shape index (κ2) is 7.61. The highest BCUT2D eigenvalue weighted by Gasteiger charge is 2.30. The molecule has 2 N–H and O–H groups in total. The number of pyridine rings is 1. The molecule has 8 heteroatoms. The maximum atomic E-state index is 12.7. The van der Waals surface area contributed by atoms with Gasteiger partial charge in [-0.2, -0.15) is 13.2 Å². The smallest absolute Gasteiger partial charge is 0.349 e. The van der Waals surface area contributed by atoms with Crippen molar-refractivity contribution in [2.45, 2.75) is 6.18 Å². The van der Waals surface area contributed by atoms with E-state index < -0.39 is 23.6 Å². The lowest BCUT2D eigenvalue weighted by Gasteiger charge is -2.10. The van der Waals surface area contributed by atoms with Gasteiger partial charge in [-0.3, -0.25) is 14.6 Å². The number of nitrogens with one attached hydrogen (secondary N) is 2. The predicted octanol–water partition coefficient (Wildman–Crippen LogP) is 3.27. The molecule has 1 heterocycles. The first-order valence-corrected chi connectivity index (χ1v) is 7.15. The average molecular weight is 349 g/mol. The largest absolute Gasteiger partial charge is 0.416 e. The van der Waals surface area contributed by atoms with Crippen molar-refractivity contribution < 1.29 is 22.8 Å². The number of hydrogen-bond donors (Lipinski definition) is 2. The summed E-state index contributed by atoms with van der Waals surface area (Å²) in [6.45, 7) is 3.73. The first kappa shape index (κ1) is 18.2. The summed E-state index contributed by atoms with van der Waals surface area (Å²) in [6.07, 6.45) is -1.74. The van der Waals surface area contributed by atoms with E-state index in [0.717, 1.165) is 12.1 Å². The lowest BCUT2D eigenvalue weighted by Crippen LogP contribution is -2.24. The van der Waals surface area contributed by atoms with Crippen LogP contribution in [0.25, 0.3) is 0 Å². The number of carbonyl (C=O) groups excluding carboxylic acids is 2. The van der Waals surface area contributed by atoms with Crippen molar-refractivity contribution in [3.63, 3.8) is 0 Å². The van der Waals surface area contributed by atoms with E-state index in [4.69, 9.17) is 0 Å². The van der Waals surface area contributed by atoms with Gasteiger partial charge in [-0.15, -0.1) is 6.58 Å². The molecule has 0 saturated carbocycles. The molecule has 0 fully saturated rings. The summed E-state index contributed by atoms with van der Waals surface area (Å²) in [7, 11) is 0. The van der Waals surface area contributed by atoms with Gasteiger partial charge in [-0.1, -0.05) is 12.1 Å². The van der Waals surface area contributed by atoms with Crippen LogP contribution in [0.2, 0.25) is 0 Å². The molecule has 2 rings (SSSR count). The van der Waals surface area contributed by atoms with Gasteiger partial charge < -0.3 is 10.6 Å². The number of halogens is 3. The number of carbonyl (C=O) groups is 2. The molecule has 0 aliphatic heterocycles. The summed E-state index contributed by atoms with van der Waals surface area (Å²) in [4.78, 5) is 27.8. The van der Waals surface area contributed by atoms with Crippen molar-refractivity contribution in [2.75, 3.05) is 11.9 Å². The highest BCUT2D eigenvalue weighted by Crippen LogP contribution is 2.30. The lowest BCUT2D eigenvalue weighted by atomic mass is 10.1. The molecule has 1 aromatic heterocycles. The van der Waals surface area contributed by atoms with Crippen LogP contribution in [0.3, 0.4) is 0 Å². The Morgan fingerprint density at radius 2 is 1.92 bits per heavy atom. The monoisotopic (exact) mass is 349 g/mol. The van der Waals surface area contributed by atoms with Crippen LogP contribution in [-0.4, -0.2) is 23.3 Å². The molecule has 2 aromatic rings. The molecule has 0 bridgehead atoms. The summed E-state index contributed by atoms with van der Waals surface area (Å²) in [5.74, 6) is -1.15. The molecule has 130 valence electrons. The van der Waals surface area contributed by atoms with Gasteiger partial charge in [-0.05, 0) is 30.3 Å². The molecular weight excluding hydrogens is 335 g/mol. The van der Waals surface area contributed by atoms with Crippen LogP contribution in [0, 0.1) is 0 Å². The van der Waals surface area contributed by atoms with E-state index in [0.29, 0.717) is 0 Å². The SMILES string of the molecule is C=CCNC(=O)c1ccnc(C(=O)Nc2cccc(C(F)(F)F)c2)c1. The Hall–Kier alpha value is -3.16. The maximum absolute atomic E-state index is 12.7. The summed E-state index contributed by atoms with van der Waals surface area (Å²) in [5, 5.41) is 4.88. The van der Waals surface area contributed by atoms with Gasteiger partial charge in [0, 0.05) is 24.0 Å².